The zero-order chi connectivity index (χ0) is 14.5. The third-order valence-electron chi connectivity index (χ3n) is 3.48. The maximum atomic E-state index is 11.6. The van der Waals surface area contributed by atoms with Gasteiger partial charge in [-0.3, -0.25) is 15.0 Å². The van der Waals surface area contributed by atoms with Crippen LogP contribution in [0.15, 0.2) is 17.5 Å². The van der Waals surface area contributed by atoms with Crippen LogP contribution in [0.25, 0.3) is 0 Å². The number of aliphatic hydroxyl groups excluding tert-OH is 1. The summed E-state index contributed by atoms with van der Waals surface area (Å²) in [6.45, 7) is 0.943. The summed E-state index contributed by atoms with van der Waals surface area (Å²) in [6, 6.07) is 3.15. The smallest absolute Gasteiger partial charge is 0.318 e. The number of primary amides is 1. The molecule has 0 radical (unpaired) electrons. The van der Waals surface area contributed by atoms with Gasteiger partial charge in [0.05, 0.1) is 12.6 Å². The number of imide groups is 1. The average Bonchev–Trinajstić information content (AvgIpc) is 3.00. The number of amides is 3. The number of aliphatic hydroxyl groups is 1. The Morgan fingerprint density at radius 1 is 1.60 bits per heavy atom. The van der Waals surface area contributed by atoms with E-state index in [4.69, 9.17) is 5.73 Å². The van der Waals surface area contributed by atoms with Gasteiger partial charge in [0.2, 0.25) is 5.91 Å². The maximum Gasteiger partial charge on any atom is 0.318 e. The number of likely N-dealkylation sites (tertiary alicyclic amines) is 1. The number of nitrogens with zero attached hydrogens (tertiary/aromatic N) is 1. The second-order valence-corrected chi connectivity index (χ2v) is 5.93. The fourth-order valence-corrected chi connectivity index (χ4v) is 3.31. The molecule has 0 bridgehead atoms. The lowest BCUT2D eigenvalue weighted by Crippen LogP contribution is -2.44. The molecule has 4 N–H and O–H groups in total. The predicted molar refractivity (Wildman–Crippen MR) is 76.2 cm³/mol. The minimum atomic E-state index is -0.829. The van der Waals surface area contributed by atoms with Gasteiger partial charge in [0, 0.05) is 10.9 Å². The highest BCUT2D eigenvalue weighted by atomic mass is 32.1. The summed E-state index contributed by atoms with van der Waals surface area (Å²) in [7, 11) is 0. The molecule has 1 aliphatic rings. The Morgan fingerprint density at radius 2 is 2.40 bits per heavy atom. The van der Waals surface area contributed by atoms with Crippen molar-refractivity contribution in [2.75, 3.05) is 13.1 Å². The lowest BCUT2D eigenvalue weighted by atomic mass is 10.1. The molecule has 0 saturated carbocycles. The van der Waals surface area contributed by atoms with Gasteiger partial charge in [0.25, 0.3) is 0 Å². The van der Waals surface area contributed by atoms with Gasteiger partial charge < -0.3 is 10.8 Å². The normalized spacial score (nSPS) is 20.8. The van der Waals surface area contributed by atoms with Gasteiger partial charge in [-0.05, 0) is 37.3 Å². The molecule has 1 saturated heterocycles. The molecule has 0 spiro atoms. The molecule has 2 rings (SSSR count). The van der Waals surface area contributed by atoms with Crippen molar-refractivity contribution < 1.29 is 14.7 Å². The van der Waals surface area contributed by atoms with Crippen molar-refractivity contribution in [3.63, 3.8) is 0 Å². The molecule has 2 atom stereocenters. The molecule has 0 aliphatic carbocycles. The van der Waals surface area contributed by atoms with E-state index >= 15 is 0 Å². The van der Waals surface area contributed by atoms with Gasteiger partial charge in [0.1, 0.15) is 0 Å². The zero-order valence-corrected chi connectivity index (χ0v) is 11.9. The standard InChI is InChI=1S/C13H19N3O3S/c14-13(19)15-12(18)8-16-5-1-3-9(16)7-10(17)11-4-2-6-20-11/h2,4,6,9-10,17H,1,3,5,7-8H2,(H3,14,15,18,19)/t9-,10+/m1/s1. The van der Waals surface area contributed by atoms with Crippen molar-refractivity contribution in [1.29, 1.82) is 0 Å². The highest BCUT2D eigenvalue weighted by Crippen LogP contribution is 2.29. The third-order valence-corrected chi connectivity index (χ3v) is 4.45. The first kappa shape index (κ1) is 15.0. The van der Waals surface area contributed by atoms with Crippen molar-refractivity contribution in [1.82, 2.24) is 10.2 Å². The van der Waals surface area contributed by atoms with Gasteiger partial charge in [0.15, 0.2) is 0 Å². The van der Waals surface area contributed by atoms with E-state index < -0.39 is 18.0 Å². The van der Waals surface area contributed by atoms with Crippen LogP contribution in [0.3, 0.4) is 0 Å². The molecule has 1 fully saturated rings. The lowest BCUT2D eigenvalue weighted by molar-refractivity contribution is -0.121. The fourth-order valence-electron chi connectivity index (χ4n) is 2.59. The first-order valence-electron chi connectivity index (χ1n) is 6.61. The molecule has 1 aliphatic heterocycles. The van der Waals surface area contributed by atoms with Crippen molar-refractivity contribution >= 4 is 23.3 Å². The van der Waals surface area contributed by atoms with E-state index in [0.29, 0.717) is 6.42 Å². The molecular weight excluding hydrogens is 278 g/mol. The topological polar surface area (TPSA) is 95.7 Å². The van der Waals surface area contributed by atoms with Crippen LogP contribution in [0.5, 0.6) is 0 Å². The molecule has 7 heteroatoms. The average molecular weight is 297 g/mol. The molecule has 20 heavy (non-hydrogen) atoms. The number of nitrogens with one attached hydrogen (secondary N) is 1. The molecule has 2 heterocycles. The molecule has 1 aromatic heterocycles. The molecule has 0 aromatic carbocycles. The predicted octanol–water partition coefficient (Wildman–Crippen LogP) is 0.831. The van der Waals surface area contributed by atoms with Crippen molar-refractivity contribution in [2.24, 2.45) is 5.73 Å². The van der Waals surface area contributed by atoms with Gasteiger partial charge in [-0.25, -0.2) is 4.79 Å². The van der Waals surface area contributed by atoms with E-state index in [1.54, 1.807) is 0 Å². The number of hydrogen-bond acceptors (Lipinski definition) is 5. The Bertz CT molecular complexity index is 463. The van der Waals surface area contributed by atoms with Crippen molar-refractivity contribution in [3.8, 4) is 0 Å². The van der Waals surface area contributed by atoms with Crippen LogP contribution in [-0.4, -0.2) is 41.1 Å². The number of thiophene rings is 1. The Kier molecular flexibility index (Phi) is 5.11. The van der Waals surface area contributed by atoms with Crippen LogP contribution in [0.1, 0.15) is 30.2 Å². The van der Waals surface area contributed by atoms with Gasteiger partial charge in [-0.15, -0.1) is 11.3 Å². The third kappa shape index (κ3) is 4.03. The van der Waals surface area contributed by atoms with E-state index in [-0.39, 0.29) is 12.6 Å². The van der Waals surface area contributed by atoms with Gasteiger partial charge in [-0.2, -0.15) is 0 Å². The molecule has 1 aromatic rings. The van der Waals surface area contributed by atoms with Crippen LogP contribution >= 0.6 is 11.3 Å². The molecule has 110 valence electrons. The second kappa shape index (κ2) is 6.83. The van der Waals surface area contributed by atoms with E-state index in [1.807, 2.05) is 22.4 Å². The fraction of sp³-hybridized carbons (Fsp3) is 0.538. The van der Waals surface area contributed by atoms with E-state index in [0.717, 1.165) is 24.3 Å². The molecule has 3 amide bonds. The van der Waals surface area contributed by atoms with Crippen molar-refractivity contribution in [2.45, 2.75) is 31.4 Å². The van der Waals surface area contributed by atoms with Crippen LogP contribution < -0.4 is 11.1 Å². The quantitative estimate of drug-likeness (QED) is 0.750. The SMILES string of the molecule is NC(=O)NC(=O)CN1CCC[C@@H]1C[C@H](O)c1cccs1. The maximum absolute atomic E-state index is 11.6. The Hall–Kier alpha value is -1.44. The van der Waals surface area contributed by atoms with Crippen LogP contribution in [0.4, 0.5) is 4.79 Å². The number of nitrogens with two attached hydrogens (primary N) is 1. The number of hydrogen-bond donors (Lipinski definition) is 3. The highest BCUT2D eigenvalue weighted by molar-refractivity contribution is 7.10. The molecule has 6 nitrogen and oxygen atoms in total. The minimum absolute atomic E-state index is 0.144. The summed E-state index contributed by atoms with van der Waals surface area (Å²) in [6.07, 6.45) is 2.04. The van der Waals surface area contributed by atoms with Crippen LogP contribution in [0, 0.1) is 0 Å². The van der Waals surface area contributed by atoms with Crippen LogP contribution in [-0.2, 0) is 4.79 Å². The number of carbonyl (C=O) groups is 2. The van der Waals surface area contributed by atoms with E-state index in [1.165, 1.54) is 11.3 Å². The number of rotatable bonds is 5. The summed E-state index contributed by atoms with van der Waals surface area (Å²) in [5.74, 6) is -0.394. The van der Waals surface area contributed by atoms with Crippen LogP contribution in [0.2, 0.25) is 0 Å². The lowest BCUT2D eigenvalue weighted by Gasteiger charge is -2.25. The highest BCUT2D eigenvalue weighted by Gasteiger charge is 2.28. The Labute approximate surface area is 121 Å². The van der Waals surface area contributed by atoms with Gasteiger partial charge >= 0.3 is 6.03 Å². The first-order valence-corrected chi connectivity index (χ1v) is 7.49. The summed E-state index contributed by atoms with van der Waals surface area (Å²) in [4.78, 5) is 25.1. The monoisotopic (exact) mass is 297 g/mol. The number of carbonyl (C=O) groups excluding carboxylic acids is 2. The zero-order valence-electron chi connectivity index (χ0n) is 11.1. The first-order chi connectivity index (χ1) is 9.56. The molecule has 0 unspecified atom stereocenters. The summed E-state index contributed by atoms with van der Waals surface area (Å²) in [5, 5.41) is 14.2. The summed E-state index contributed by atoms with van der Waals surface area (Å²) < 4.78 is 0. The van der Waals surface area contributed by atoms with E-state index in [9.17, 15) is 14.7 Å². The summed E-state index contributed by atoms with van der Waals surface area (Å²) in [5.41, 5.74) is 4.92. The van der Waals surface area contributed by atoms with Crippen molar-refractivity contribution in [3.05, 3.63) is 22.4 Å². The minimum Gasteiger partial charge on any atom is -0.388 e. The Morgan fingerprint density at radius 3 is 3.05 bits per heavy atom. The second-order valence-electron chi connectivity index (χ2n) is 4.95. The number of urea groups is 1. The largest absolute Gasteiger partial charge is 0.388 e. The summed E-state index contributed by atoms with van der Waals surface area (Å²) >= 11 is 1.53. The Balaban J connectivity index is 1.87. The molecular formula is C13H19N3O3S. The van der Waals surface area contributed by atoms with E-state index in [2.05, 4.69) is 5.32 Å². The van der Waals surface area contributed by atoms with Gasteiger partial charge in [-0.1, -0.05) is 6.07 Å².